The van der Waals surface area contributed by atoms with Crippen LogP contribution in [0.5, 0.6) is 0 Å². The predicted octanol–water partition coefficient (Wildman–Crippen LogP) is 4.17. The van der Waals surface area contributed by atoms with E-state index in [1.807, 2.05) is 0 Å². The van der Waals surface area contributed by atoms with Gasteiger partial charge in [-0.05, 0) is 38.9 Å². The van der Waals surface area contributed by atoms with Crippen LogP contribution in [0.4, 0.5) is 0 Å². The Labute approximate surface area is 129 Å². The molecule has 2 atom stereocenters. The first-order valence-electron chi connectivity index (χ1n) is 7.79. The molecule has 0 amide bonds. The van der Waals surface area contributed by atoms with Gasteiger partial charge in [-0.1, -0.05) is 66.7 Å². The highest BCUT2D eigenvalue weighted by Crippen LogP contribution is 2.51. The van der Waals surface area contributed by atoms with Crippen LogP contribution in [0.3, 0.4) is 0 Å². The number of rotatable bonds is 1. The molecular formula is C21H16O. The summed E-state index contributed by atoms with van der Waals surface area (Å²) in [6, 6.07) is 24.3. The van der Waals surface area contributed by atoms with Gasteiger partial charge in [0.25, 0.3) is 0 Å². The second kappa shape index (κ2) is 4.31. The largest absolute Gasteiger partial charge is 0.392 e. The average molecular weight is 284 g/mol. The van der Waals surface area contributed by atoms with Gasteiger partial charge in [0.1, 0.15) is 0 Å². The number of benzene rings is 3. The Balaban J connectivity index is 1.91. The Bertz CT molecular complexity index is 894. The molecular weight excluding hydrogens is 268 g/mol. The molecule has 0 spiro atoms. The van der Waals surface area contributed by atoms with Gasteiger partial charge in [-0.15, -0.1) is 0 Å². The second-order valence-corrected chi connectivity index (χ2v) is 6.29. The van der Waals surface area contributed by atoms with Crippen molar-refractivity contribution in [1.29, 1.82) is 0 Å². The van der Waals surface area contributed by atoms with Gasteiger partial charge in [-0.25, -0.2) is 0 Å². The lowest BCUT2D eigenvalue weighted by Crippen LogP contribution is -2.17. The molecule has 6 rings (SSSR count). The van der Waals surface area contributed by atoms with E-state index in [0.29, 0.717) is 5.92 Å². The van der Waals surface area contributed by atoms with Crippen LogP contribution in [-0.4, -0.2) is 5.11 Å². The summed E-state index contributed by atoms with van der Waals surface area (Å²) in [4.78, 5) is 0. The fourth-order valence-electron chi connectivity index (χ4n) is 4.24. The lowest BCUT2D eigenvalue weighted by atomic mass is 9.71. The first-order valence-corrected chi connectivity index (χ1v) is 7.79. The highest BCUT2D eigenvalue weighted by atomic mass is 16.3. The summed E-state index contributed by atoms with van der Waals surface area (Å²) >= 11 is 0. The van der Waals surface area contributed by atoms with Crippen molar-refractivity contribution in [3.8, 4) is 0 Å². The minimum atomic E-state index is 0.101. The topological polar surface area (TPSA) is 20.2 Å². The van der Waals surface area contributed by atoms with Crippen molar-refractivity contribution in [2.75, 3.05) is 0 Å². The molecule has 0 heterocycles. The van der Waals surface area contributed by atoms with Crippen molar-refractivity contribution in [3.05, 3.63) is 106 Å². The molecule has 1 N–H and O–H groups in total. The van der Waals surface area contributed by atoms with E-state index in [1.165, 1.54) is 33.4 Å². The molecule has 0 saturated carbocycles. The van der Waals surface area contributed by atoms with Gasteiger partial charge < -0.3 is 5.11 Å². The minimum Gasteiger partial charge on any atom is -0.392 e. The zero-order valence-corrected chi connectivity index (χ0v) is 12.2. The van der Waals surface area contributed by atoms with Crippen molar-refractivity contribution >= 4 is 0 Å². The molecule has 0 radical (unpaired) electrons. The lowest BCUT2D eigenvalue weighted by Gasteiger charge is -2.31. The molecule has 1 nitrogen and oxygen atoms in total. The van der Waals surface area contributed by atoms with Gasteiger partial charge in [0, 0.05) is 11.8 Å². The van der Waals surface area contributed by atoms with Crippen LogP contribution in [0.25, 0.3) is 0 Å². The van der Waals surface area contributed by atoms with Gasteiger partial charge in [0.2, 0.25) is 0 Å². The van der Waals surface area contributed by atoms with Crippen molar-refractivity contribution in [2.45, 2.75) is 18.4 Å². The predicted molar refractivity (Wildman–Crippen MR) is 87.1 cm³/mol. The van der Waals surface area contributed by atoms with Crippen LogP contribution in [0, 0.1) is 0 Å². The zero-order valence-electron chi connectivity index (χ0n) is 12.2. The summed E-state index contributed by atoms with van der Waals surface area (Å²) in [6.45, 7) is 0.101. The van der Waals surface area contributed by atoms with Crippen LogP contribution >= 0.6 is 0 Å². The Hall–Kier alpha value is -2.38. The molecule has 3 aromatic carbocycles. The maximum atomic E-state index is 9.52. The number of hydrogen-bond acceptors (Lipinski definition) is 1. The zero-order chi connectivity index (χ0) is 14.7. The van der Waals surface area contributed by atoms with Crippen LogP contribution in [-0.2, 0) is 6.61 Å². The molecule has 0 unspecified atom stereocenters. The maximum absolute atomic E-state index is 9.52. The third-order valence-electron chi connectivity index (χ3n) is 5.15. The van der Waals surface area contributed by atoms with Crippen molar-refractivity contribution < 1.29 is 5.11 Å². The summed E-state index contributed by atoms with van der Waals surface area (Å²) in [7, 11) is 0. The SMILES string of the molecule is OCc1ccc2c(c1)[C@@H]1c3cccc(c3)[C@H]2c2ccccc21. The summed E-state index contributed by atoms with van der Waals surface area (Å²) in [5.41, 5.74) is 9.33. The maximum Gasteiger partial charge on any atom is 0.0681 e. The molecule has 0 aliphatic heterocycles. The summed E-state index contributed by atoms with van der Waals surface area (Å²) in [5, 5.41) is 9.52. The normalized spacial score (nSPS) is 20.2. The molecule has 0 aromatic heterocycles. The summed E-state index contributed by atoms with van der Waals surface area (Å²) in [6.07, 6.45) is 0. The highest BCUT2D eigenvalue weighted by molar-refractivity contribution is 5.64. The second-order valence-electron chi connectivity index (χ2n) is 6.29. The van der Waals surface area contributed by atoms with E-state index in [9.17, 15) is 5.11 Å². The lowest BCUT2D eigenvalue weighted by molar-refractivity contribution is 0.281. The minimum absolute atomic E-state index is 0.101. The third kappa shape index (κ3) is 1.47. The monoisotopic (exact) mass is 284 g/mol. The van der Waals surface area contributed by atoms with Crippen molar-refractivity contribution in [2.24, 2.45) is 0 Å². The highest BCUT2D eigenvalue weighted by Gasteiger charge is 2.36. The van der Waals surface area contributed by atoms with Crippen molar-refractivity contribution in [1.82, 2.24) is 0 Å². The molecule has 3 aliphatic rings. The van der Waals surface area contributed by atoms with Gasteiger partial charge >= 0.3 is 0 Å². The summed E-state index contributed by atoms with van der Waals surface area (Å²) in [5.74, 6) is 0.606. The number of aliphatic hydroxyl groups is 1. The molecule has 3 aliphatic carbocycles. The van der Waals surface area contributed by atoms with Crippen molar-refractivity contribution in [3.63, 3.8) is 0 Å². The fraction of sp³-hybridized carbons (Fsp3) is 0.143. The molecule has 0 fully saturated rings. The van der Waals surface area contributed by atoms with Gasteiger partial charge in [0.05, 0.1) is 6.61 Å². The van der Waals surface area contributed by atoms with E-state index in [0.717, 1.165) is 5.56 Å². The van der Waals surface area contributed by atoms with Crippen LogP contribution in [0.2, 0.25) is 0 Å². The first-order chi connectivity index (χ1) is 10.9. The first kappa shape index (κ1) is 12.2. The molecule has 1 heteroatoms. The quantitative estimate of drug-likeness (QED) is 0.490. The van der Waals surface area contributed by atoms with E-state index in [4.69, 9.17) is 0 Å². The molecule has 0 saturated heterocycles. The van der Waals surface area contributed by atoms with Crippen LogP contribution < -0.4 is 0 Å². The van der Waals surface area contributed by atoms with Gasteiger partial charge in [-0.2, -0.15) is 0 Å². The molecule has 4 bridgehead atoms. The van der Waals surface area contributed by atoms with E-state index in [1.54, 1.807) is 0 Å². The standard InChI is InChI=1S/C21H16O/c22-12-13-8-9-18-19(10-13)21-15-5-3-4-14(11-15)20(18)16-6-1-2-7-17(16)21/h1-11,20-22H,12H2/t20-,21+/m0/s1. The van der Waals surface area contributed by atoms with E-state index < -0.39 is 0 Å². The van der Waals surface area contributed by atoms with Gasteiger partial charge in [-0.3, -0.25) is 0 Å². The Kier molecular flexibility index (Phi) is 2.39. The molecule has 3 aromatic rings. The Morgan fingerprint density at radius 1 is 0.636 bits per heavy atom. The van der Waals surface area contributed by atoms with E-state index in [-0.39, 0.29) is 12.5 Å². The Morgan fingerprint density at radius 2 is 1.27 bits per heavy atom. The third-order valence-corrected chi connectivity index (χ3v) is 5.15. The Morgan fingerprint density at radius 3 is 1.95 bits per heavy atom. The molecule has 106 valence electrons. The van der Waals surface area contributed by atoms with E-state index >= 15 is 0 Å². The smallest absolute Gasteiger partial charge is 0.0681 e. The number of aliphatic hydroxyl groups excluding tert-OH is 1. The molecule has 22 heavy (non-hydrogen) atoms. The summed E-state index contributed by atoms with van der Waals surface area (Å²) < 4.78 is 0. The fourth-order valence-corrected chi connectivity index (χ4v) is 4.24. The van der Waals surface area contributed by atoms with Crippen LogP contribution in [0.1, 0.15) is 50.8 Å². The average Bonchev–Trinajstić information content (AvgIpc) is 2.73. The number of hydrogen-bond donors (Lipinski definition) is 1. The van der Waals surface area contributed by atoms with Crippen LogP contribution in [0.15, 0.2) is 66.7 Å². The van der Waals surface area contributed by atoms with E-state index in [2.05, 4.69) is 66.7 Å². The van der Waals surface area contributed by atoms with Gasteiger partial charge in [0.15, 0.2) is 0 Å².